The third-order valence-electron chi connectivity index (χ3n) is 3.01. The van der Waals surface area contributed by atoms with Crippen molar-refractivity contribution in [2.45, 2.75) is 19.8 Å². The summed E-state index contributed by atoms with van der Waals surface area (Å²) in [5.41, 5.74) is 3.50. The summed E-state index contributed by atoms with van der Waals surface area (Å²) in [5, 5.41) is 0. The molecule has 0 N–H and O–H groups in total. The Morgan fingerprint density at radius 1 is 0.947 bits per heavy atom. The van der Waals surface area contributed by atoms with Gasteiger partial charge in [-0.3, -0.25) is 4.79 Å². The average molecular weight is 250 g/mol. The Balaban J connectivity index is 2.20. The van der Waals surface area contributed by atoms with Crippen LogP contribution in [0, 0.1) is 0 Å². The first-order valence-corrected chi connectivity index (χ1v) is 6.53. The van der Waals surface area contributed by atoms with E-state index in [-0.39, 0.29) is 5.78 Å². The Bertz CT molecular complexity index is 553. The lowest BCUT2D eigenvalue weighted by atomic mass is 9.98. The predicted octanol–water partition coefficient (Wildman–Crippen LogP) is 4.29. The fraction of sp³-hybridized carbons (Fsp3) is 0.167. The van der Waals surface area contributed by atoms with Crippen molar-refractivity contribution in [3.05, 3.63) is 77.9 Å². The van der Waals surface area contributed by atoms with Crippen molar-refractivity contribution >= 4 is 11.4 Å². The van der Waals surface area contributed by atoms with Crippen LogP contribution < -0.4 is 0 Å². The Morgan fingerprint density at radius 2 is 1.53 bits per heavy atom. The number of ketones is 1. The molecule has 0 aromatic heterocycles. The first kappa shape index (κ1) is 13.3. The molecule has 0 aliphatic heterocycles. The van der Waals surface area contributed by atoms with Gasteiger partial charge in [-0.1, -0.05) is 66.7 Å². The normalized spacial score (nSPS) is 11.3. The van der Waals surface area contributed by atoms with Gasteiger partial charge in [-0.05, 0) is 30.0 Å². The summed E-state index contributed by atoms with van der Waals surface area (Å²) in [4.78, 5) is 11.4. The van der Waals surface area contributed by atoms with Crippen LogP contribution in [-0.4, -0.2) is 5.78 Å². The second-order valence-corrected chi connectivity index (χ2v) is 4.66. The molecule has 0 atom stereocenters. The molecule has 1 heteroatoms. The van der Waals surface area contributed by atoms with Gasteiger partial charge < -0.3 is 0 Å². The number of hydrogen-bond acceptors (Lipinski definition) is 1. The van der Waals surface area contributed by atoms with Crippen molar-refractivity contribution in [2.24, 2.45) is 0 Å². The van der Waals surface area contributed by atoms with E-state index in [9.17, 15) is 4.79 Å². The lowest BCUT2D eigenvalue weighted by Gasteiger charge is -2.06. The minimum absolute atomic E-state index is 0.197. The molecule has 96 valence electrons. The smallest absolute Gasteiger partial charge is 0.134 e. The van der Waals surface area contributed by atoms with Gasteiger partial charge in [-0.2, -0.15) is 0 Å². The molecule has 0 radical (unpaired) electrons. The predicted molar refractivity (Wildman–Crippen MR) is 79.9 cm³/mol. The molecule has 0 bridgehead atoms. The van der Waals surface area contributed by atoms with Crippen LogP contribution >= 0.6 is 0 Å². The molecule has 0 spiro atoms. The van der Waals surface area contributed by atoms with Gasteiger partial charge in [0.05, 0.1) is 0 Å². The van der Waals surface area contributed by atoms with Crippen LogP contribution in [0.15, 0.2) is 66.7 Å². The standard InChI is InChI=1S/C18H18O/c1-15(19)14-18(17-10-6-3-7-11-17)13-12-16-8-4-2-5-9-16/h2-11,13H,12,14H2,1H3/b18-13+. The molecule has 0 aliphatic carbocycles. The monoisotopic (exact) mass is 250 g/mol. The molecule has 19 heavy (non-hydrogen) atoms. The zero-order valence-corrected chi connectivity index (χ0v) is 11.2. The molecule has 0 heterocycles. The van der Waals surface area contributed by atoms with Crippen LogP contribution in [0.25, 0.3) is 5.57 Å². The second-order valence-electron chi connectivity index (χ2n) is 4.66. The van der Waals surface area contributed by atoms with Crippen LogP contribution in [0.4, 0.5) is 0 Å². The fourth-order valence-corrected chi connectivity index (χ4v) is 2.07. The lowest BCUT2D eigenvalue weighted by molar-refractivity contribution is -0.116. The van der Waals surface area contributed by atoms with Crippen molar-refractivity contribution in [3.63, 3.8) is 0 Å². The number of carbonyl (C=O) groups excluding carboxylic acids is 1. The molecule has 0 amide bonds. The summed E-state index contributed by atoms with van der Waals surface area (Å²) < 4.78 is 0. The van der Waals surface area contributed by atoms with Crippen LogP contribution in [-0.2, 0) is 11.2 Å². The van der Waals surface area contributed by atoms with E-state index in [2.05, 4.69) is 30.3 Å². The maximum Gasteiger partial charge on any atom is 0.134 e. The van der Waals surface area contributed by atoms with E-state index < -0.39 is 0 Å². The van der Waals surface area contributed by atoms with E-state index >= 15 is 0 Å². The lowest BCUT2D eigenvalue weighted by Crippen LogP contribution is -1.94. The summed E-state index contributed by atoms with van der Waals surface area (Å²) in [5.74, 6) is 0.197. The topological polar surface area (TPSA) is 17.1 Å². The zero-order valence-electron chi connectivity index (χ0n) is 11.2. The summed E-state index contributed by atoms with van der Waals surface area (Å²) in [6, 6.07) is 20.4. The quantitative estimate of drug-likeness (QED) is 0.773. The van der Waals surface area contributed by atoms with Crippen molar-refractivity contribution in [3.8, 4) is 0 Å². The Labute approximate surface area is 114 Å². The van der Waals surface area contributed by atoms with Crippen molar-refractivity contribution in [1.82, 2.24) is 0 Å². The third kappa shape index (κ3) is 4.22. The van der Waals surface area contributed by atoms with Crippen molar-refractivity contribution in [1.29, 1.82) is 0 Å². The summed E-state index contributed by atoms with van der Waals surface area (Å²) in [7, 11) is 0. The van der Waals surface area contributed by atoms with E-state index in [0.717, 1.165) is 17.6 Å². The fourth-order valence-electron chi connectivity index (χ4n) is 2.07. The third-order valence-corrected chi connectivity index (χ3v) is 3.01. The number of allylic oxidation sites excluding steroid dienone is 2. The highest BCUT2D eigenvalue weighted by molar-refractivity contribution is 5.88. The molecule has 2 rings (SSSR count). The summed E-state index contributed by atoms with van der Waals surface area (Å²) >= 11 is 0. The maximum absolute atomic E-state index is 11.4. The zero-order chi connectivity index (χ0) is 13.5. The highest BCUT2D eigenvalue weighted by atomic mass is 16.1. The second kappa shape index (κ2) is 6.69. The van der Waals surface area contributed by atoms with E-state index in [4.69, 9.17) is 0 Å². The molecular formula is C18H18O. The molecule has 2 aromatic rings. The number of Topliss-reactive ketones (excluding diaryl/α,β-unsaturated/α-hetero) is 1. The molecule has 1 nitrogen and oxygen atoms in total. The minimum atomic E-state index is 0.197. The highest BCUT2D eigenvalue weighted by Crippen LogP contribution is 2.19. The van der Waals surface area contributed by atoms with Gasteiger partial charge in [-0.15, -0.1) is 0 Å². The molecular weight excluding hydrogens is 232 g/mol. The SMILES string of the molecule is CC(=O)C/C(=C\Cc1ccccc1)c1ccccc1. The van der Waals surface area contributed by atoms with Gasteiger partial charge in [0.2, 0.25) is 0 Å². The van der Waals surface area contributed by atoms with Gasteiger partial charge in [0.25, 0.3) is 0 Å². The van der Waals surface area contributed by atoms with E-state index in [1.165, 1.54) is 5.56 Å². The number of carbonyl (C=O) groups is 1. The van der Waals surface area contributed by atoms with E-state index in [1.54, 1.807) is 6.92 Å². The minimum Gasteiger partial charge on any atom is -0.300 e. The molecule has 0 saturated carbocycles. The largest absolute Gasteiger partial charge is 0.300 e. The van der Waals surface area contributed by atoms with Crippen molar-refractivity contribution < 1.29 is 4.79 Å². The molecule has 2 aromatic carbocycles. The van der Waals surface area contributed by atoms with Crippen LogP contribution in [0.2, 0.25) is 0 Å². The Morgan fingerprint density at radius 3 is 2.11 bits per heavy atom. The first-order chi connectivity index (χ1) is 9.25. The molecule has 0 aliphatic rings. The van der Waals surface area contributed by atoms with Gasteiger partial charge in [-0.25, -0.2) is 0 Å². The average Bonchev–Trinajstić information content (AvgIpc) is 2.45. The Hall–Kier alpha value is -2.15. The molecule has 0 fully saturated rings. The van der Waals surface area contributed by atoms with Gasteiger partial charge in [0, 0.05) is 6.42 Å². The van der Waals surface area contributed by atoms with E-state index in [0.29, 0.717) is 6.42 Å². The molecule has 0 unspecified atom stereocenters. The summed E-state index contributed by atoms with van der Waals surface area (Å²) in [6.45, 7) is 1.64. The number of benzene rings is 2. The van der Waals surface area contributed by atoms with Gasteiger partial charge >= 0.3 is 0 Å². The summed E-state index contributed by atoms with van der Waals surface area (Å²) in [6.07, 6.45) is 3.52. The highest BCUT2D eigenvalue weighted by Gasteiger charge is 2.04. The molecule has 0 saturated heterocycles. The van der Waals surface area contributed by atoms with Crippen LogP contribution in [0.3, 0.4) is 0 Å². The van der Waals surface area contributed by atoms with Crippen LogP contribution in [0.5, 0.6) is 0 Å². The van der Waals surface area contributed by atoms with Crippen LogP contribution in [0.1, 0.15) is 24.5 Å². The number of rotatable bonds is 5. The number of hydrogen-bond donors (Lipinski definition) is 0. The van der Waals surface area contributed by atoms with Crippen molar-refractivity contribution in [2.75, 3.05) is 0 Å². The first-order valence-electron chi connectivity index (χ1n) is 6.53. The Kier molecular flexibility index (Phi) is 4.68. The van der Waals surface area contributed by atoms with Gasteiger partial charge in [0.15, 0.2) is 0 Å². The van der Waals surface area contributed by atoms with Gasteiger partial charge in [0.1, 0.15) is 5.78 Å². The maximum atomic E-state index is 11.4. The van der Waals surface area contributed by atoms with E-state index in [1.807, 2.05) is 36.4 Å².